The van der Waals surface area contributed by atoms with E-state index in [1.807, 2.05) is 0 Å². The second-order valence-electron chi connectivity index (χ2n) is 6.62. The third-order valence-corrected chi connectivity index (χ3v) is 4.87. The summed E-state index contributed by atoms with van der Waals surface area (Å²) in [7, 11) is 0. The largest absolute Gasteiger partial charge is 0.310 e. The molecule has 0 aliphatic heterocycles. The summed E-state index contributed by atoms with van der Waals surface area (Å²) in [5, 5.41) is 3.70. The minimum absolute atomic E-state index is 0.603. The van der Waals surface area contributed by atoms with Gasteiger partial charge in [0.1, 0.15) is 0 Å². The van der Waals surface area contributed by atoms with Crippen LogP contribution in [0.15, 0.2) is 97.1 Å². The summed E-state index contributed by atoms with van der Waals surface area (Å²) in [6.07, 6.45) is 3.56. The number of nitrogens with one attached hydrogen (secondary N) is 1. The zero-order chi connectivity index (χ0) is 16.9. The van der Waals surface area contributed by atoms with Crippen molar-refractivity contribution in [3.05, 3.63) is 114 Å². The first-order valence-electron chi connectivity index (χ1n) is 9.01. The molecule has 0 aromatic heterocycles. The van der Waals surface area contributed by atoms with E-state index in [2.05, 4.69) is 102 Å². The van der Waals surface area contributed by atoms with Crippen molar-refractivity contribution in [2.45, 2.75) is 18.4 Å². The van der Waals surface area contributed by atoms with Crippen LogP contribution in [0.2, 0.25) is 0 Å². The predicted molar refractivity (Wildman–Crippen MR) is 106 cm³/mol. The molecule has 1 fully saturated rings. The van der Waals surface area contributed by atoms with Crippen molar-refractivity contribution in [2.24, 2.45) is 0 Å². The number of hydrogen-bond acceptors (Lipinski definition) is 1. The van der Waals surface area contributed by atoms with Gasteiger partial charge in [0.2, 0.25) is 0 Å². The zero-order valence-corrected chi connectivity index (χ0v) is 14.3. The van der Waals surface area contributed by atoms with E-state index < -0.39 is 0 Å². The third kappa shape index (κ3) is 3.89. The number of rotatable bonds is 6. The van der Waals surface area contributed by atoms with Gasteiger partial charge in [0.25, 0.3) is 0 Å². The van der Waals surface area contributed by atoms with Crippen molar-refractivity contribution in [3.8, 4) is 0 Å². The molecule has 0 unspecified atom stereocenters. The van der Waals surface area contributed by atoms with E-state index in [0.717, 1.165) is 6.54 Å². The highest BCUT2D eigenvalue weighted by molar-refractivity contribution is 5.79. The normalized spacial score (nSPS) is 18.6. The lowest BCUT2D eigenvalue weighted by Crippen LogP contribution is -2.18. The molecule has 25 heavy (non-hydrogen) atoms. The Morgan fingerprint density at radius 3 is 1.84 bits per heavy atom. The molecule has 0 spiro atoms. The molecule has 3 aromatic rings. The van der Waals surface area contributed by atoms with E-state index >= 15 is 0 Å². The average Bonchev–Trinajstić information content (AvgIpc) is 3.47. The van der Waals surface area contributed by atoms with Crippen molar-refractivity contribution < 1.29 is 0 Å². The molecule has 1 saturated carbocycles. The molecule has 0 saturated heterocycles. The summed E-state index contributed by atoms with van der Waals surface area (Å²) in [5.74, 6) is 0.673. The van der Waals surface area contributed by atoms with Crippen LogP contribution in [0.25, 0.3) is 5.57 Å². The highest BCUT2D eigenvalue weighted by Gasteiger charge is 2.37. The fourth-order valence-corrected chi connectivity index (χ4v) is 3.44. The Bertz CT molecular complexity index is 780. The summed E-state index contributed by atoms with van der Waals surface area (Å²) < 4.78 is 0. The lowest BCUT2D eigenvalue weighted by atomic mass is 9.97. The number of hydrogen-bond donors (Lipinski definition) is 1. The first-order valence-corrected chi connectivity index (χ1v) is 9.01. The molecule has 2 atom stereocenters. The average molecular weight is 325 g/mol. The Balaban J connectivity index is 1.46. The standard InChI is InChI=1S/C24H23N/c1-4-10-19(11-5-1)22(20-12-6-2-7-13-20)16-17-25-24-18-23(24)21-14-8-3-9-15-21/h1-16,23-25H,17-18H2/t23-,24+/m0/s1. The predicted octanol–water partition coefficient (Wildman–Crippen LogP) is 5.26. The Labute approximate surface area is 150 Å². The van der Waals surface area contributed by atoms with Gasteiger partial charge < -0.3 is 5.32 Å². The van der Waals surface area contributed by atoms with Crippen LogP contribution in [0, 0.1) is 0 Å². The van der Waals surface area contributed by atoms with Gasteiger partial charge in [-0.1, -0.05) is 97.1 Å². The van der Waals surface area contributed by atoms with Crippen LogP contribution in [0.3, 0.4) is 0 Å². The third-order valence-electron chi connectivity index (χ3n) is 4.87. The second-order valence-corrected chi connectivity index (χ2v) is 6.62. The van der Waals surface area contributed by atoms with Gasteiger partial charge in [-0.05, 0) is 28.7 Å². The van der Waals surface area contributed by atoms with E-state index in [-0.39, 0.29) is 0 Å². The Morgan fingerprint density at radius 1 is 0.760 bits per heavy atom. The molecular formula is C24H23N. The highest BCUT2D eigenvalue weighted by Crippen LogP contribution is 2.40. The maximum atomic E-state index is 3.70. The molecule has 0 heterocycles. The number of benzene rings is 3. The van der Waals surface area contributed by atoms with Crippen LogP contribution < -0.4 is 5.32 Å². The van der Waals surface area contributed by atoms with Crippen molar-refractivity contribution in [2.75, 3.05) is 6.54 Å². The van der Waals surface area contributed by atoms with Crippen LogP contribution in [-0.2, 0) is 0 Å². The SMILES string of the molecule is C(CN[C@@H]1C[C@H]1c1ccccc1)=C(c1ccccc1)c1ccccc1. The van der Waals surface area contributed by atoms with Gasteiger partial charge in [0, 0.05) is 18.5 Å². The molecule has 3 aromatic carbocycles. The molecule has 0 radical (unpaired) electrons. The summed E-state index contributed by atoms with van der Waals surface area (Å²) in [4.78, 5) is 0. The van der Waals surface area contributed by atoms with Crippen molar-refractivity contribution in [3.63, 3.8) is 0 Å². The summed E-state index contributed by atoms with van der Waals surface area (Å²) in [6, 6.07) is 32.7. The van der Waals surface area contributed by atoms with Crippen molar-refractivity contribution >= 4 is 5.57 Å². The van der Waals surface area contributed by atoms with E-state index in [1.54, 1.807) is 0 Å². The topological polar surface area (TPSA) is 12.0 Å². The van der Waals surface area contributed by atoms with Gasteiger partial charge in [0.15, 0.2) is 0 Å². The van der Waals surface area contributed by atoms with Gasteiger partial charge in [-0.15, -0.1) is 0 Å². The highest BCUT2D eigenvalue weighted by atomic mass is 15.0. The Kier molecular flexibility index (Phi) is 4.76. The molecule has 124 valence electrons. The van der Waals surface area contributed by atoms with Crippen molar-refractivity contribution in [1.82, 2.24) is 5.32 Å². The summed E-state index contributed by atoms with van der Waals surface area (Å²) in [5.41, 5.74) is 5.29. The molecule has 1 aliphatic carbocycles. The molecule has 0 amide bonds. The second kappa shape index (κ2) is 7.50. The minimum Gasteiger partial charge on any atom is -0.310 e. The fraction of sp³-hybridized carbons (Fsp3) is 0.167. The molecule has 1 aliphatic rings. The van der Waals surface area contributed by atoms with E-state index in [4.69, 9.17) is 0 Å². The molecular weight excluding hydrogens is 302 g/mol. The van der Waals surface area contributed by atoms with E-state index in [9.17, 15) is 0 Å². The Morgan fingerprint density at radius 2 is 1.28 bits per heavy atom. The van der Waals surface area contributed by atoms with Gasteiger partial charge in [-0.25, -0.2) is 0 Å². The maximum Gasteiger partial charge on any atom is 0.0147 e. The van der Waals surface area contributed by atoms with Crippen LogP contribution in [0.1, 0.15) is 29.0 Å². The molecule has 1 N–H and O–H groups in total. The zero-order valence-electron chi connectivity index (χ0n) is 14.3. The van der Waals surface area contributed by atoms with Crippen LogP contribution in [-0.4, -0.2) is 12.6 Å². The molecule has 0 bridgehead atoms. The minimum atomic E-state index is 0.603. The van der Waals surface area contributed by atoms with Gasteiger partial charge >= 0.3 is 0 Å². The quantitative estimate of drug-likeness (QED) is 0.651. The van der Waals surface area contributed by atoms with Crippen LogP contribution >= 0.6 is 0 Å². The van der Waals surface area contributed by atoms with Crippen molar-refractivity contribution in [1.29, 1.82) is 0 Å². The maximum absolute atomic E-state index is 3.70. The molecule has 1 nitrogen and oxygen atoms in total. The summed E-state index contributed by atoms with van der Waals surface area (Å²) in [6.45, 7) is 0.896. The first-order chi connectivity index (χ1) is 12.4. The fourth-order valence-electron chi connectivity index (χ4n) is 3.44. The van der Waals surface area contributed by atoms with Crippen LogP contribution in [0.4, 0.5) is 0 Å². The van der Waals surface area contributed by atoms with E-state index in [1.165, 1.54) is 28.7 Å². The van der Waals surface area contributed by atoms with Gasteiger partial charge in [-0.2, -0.15) is 0 Å². The lowest BCUT2D eigenvalue weighted by Gasteiger charge is -2.09. The van der Waals surface area contributed by atoms with Crippen LogP contribution in [0.5, 0.6) is 0 Å². The first kappa shape index (κ1) is 15.9. The molecule has 4 rings (SSSR count). The smallest absolute Gasteiger partial charge is 0.0147 e. The molecule has 1 heteroatoms. The van der Waals surface area contributed by atoms with Gasteiger partial charge in [0.05, 0.1) is 0 Å². The summed E-state index contributed by atoms with van der Waals surface area (Å²) >= 11 is 0. The lowest BCUT2D eigenvalue weighted by molar-refractivity contribution is 0.733. The monoisotopic (exact) mass is 325 g/mol. The van der Waals surface area contributed by atoms with E-state index in [0.29, 0.717) is 12.0 Å². The van der Waals surface area contributed by atoms with Gasteiger partial charge in [-0.3, -0.25) is 0 Å². The Hall–Kier alpha value is -2.64.